The zero-order chi connectivity index (χ0) is 19.7. The van der Waals surface area contributed by atoms with Crippen molar-refractivity contribution in [2.75, 3.05) is 0 Å². The van der Waals surface area contributed by atoms with E-state index in [-0.39, 0.29) is 30.1 Å². The van der Waals surface area contributed by atoms with Crippen LogP contribution >= 0.6 is 0 Å². The summed E-state index contributed by atoms with van der Waals surface area (Å²) >= 11 is 0. The Morgan fingerprint density at radius 2 is 1.89 bits per heavy atom. The van der Waals surface area contributed by atoms with E-state index in [0.29, 0.717) is 19.3 Å². The summed E-state index contributed by atoms with van der Waals surface area (Å²) in [5.74, 6) is -0.573. The molecular weight excluding hydrogens is 344 g/mol. The number of benzene rings is 1. The second-order valence-corrected chi connectivity index (χ2v) is 8.03. The van der Waals surface area contributed by atoms with E-state index in [0.717, 1.165) is 5.56 Å². The van der Waals surface area contributed by atoms with Crippen LogP contribution in [0.2, 0.25) is 0 Å². The molecule has 0 unspecified atom stereocenters. The van der Waals surface area contributed by atoms with Gasteiger partial charge in [-0.1, -0.05) is 44.2 Å². The molecule has 4 atom stereocenters. The fourth-order valence-electron chi connectivity index (χ4n) is 4.28. The van der Waals surface area contributed by atoms with E-state index >= 15 is 0 Å². The number of carbonyl (C=O) groups is 2. The molecule has 27 heavy (non-hydrogen) atoms. The summed E-state index contributed by atoms with van der Waals surface area (Å²) in [6, 6.07) is 9.62. The monoisotopic (exact) mass is 372 g/mol. The summed E-state index contributed by atoms with van der Waals surface area (Å²) in [4.78, 5) is 23.9. The Hall–Kier alpha value is -2.14. The normalized spacial score (nSPS) is 32.6. The van der Waals surface area contributed by atoms with Gasteiger partial charge in [0.2, 0.25) is 0 Å². The molecule has 1 aromatic rings. The topological polar surface area (TPSA) is 61.8 Å². The standard InChI is InChI=1S/C22H28O5/c1-15(2)22-14-19(25-16(3)23)21(4,27-22)13-12-18(22)26-20(24)11-10-17-8-6-5-7-9-17/h5-11,15,18-19H,12-14H2,1-4H3/b11-10+/t18-,19-,21-,22+/m0/s1. The van der Waals surface area contributed by atoms with E-state index in [9.17, 15) is 9.59 Å². The summed E-state index contributed by atoms with van der Waals surface area (Å²) < 4.78 is 17.8. The Kier molecular flexibility index (Phi) is 5.43. The molecule has 2 heterocycles. The molecule has 5 nitrogen and oxygen atoms in total. The molecule has 0 radical (unpaired) electrons. The second-order valence-electron chi connectivity index (χ2n) is 8.03. The number of rotatable bonds is 5. The van der Waals surface area contributed by atoms with Gasteiger partial charge in [-0.2, -0.15) is 0 Å². The Balaban J connectivity index is 1.75. The van der Waals surface area contributed by atoms with Gasteiger partial charge >= 0.3 is 11.9 Å². The average Bonchev–Trinajstić information content (AvgIpc) is 2.85. The Morgan fingerprint density at radius 3 is 2.52 bits per heavy atom. The molecular formula is C22H28O5. The molecule has 2 aliphatic heterocycles. The summed E-state index contributed by atoms with van der Waals surface area (Å²) in [5, 5.41) is 0. The Morgan fingerprint density at radius 1 is 1.19 bits per heavy atom. The van der Waals surface area contributed by atoms with Gasteiger partial charge in [0.05, 0.1) is 0 Å². The van der Waals surface area contributed by atoms with Crippen molar-refractivity contribution < 1.29 is 23.8 Å². The predicted octanol–water partition coefficient (Wildman–Crippen LogP) is 3.91. The number of ether oxygens (including phenoxy) is 3. The van der Waals surface area contributed by atoms with Gasteiger partial charge in [0.25, 0.3) is 0 Å². The van der Waals surface area contributed by atoms with Crippen LogP contribution in [0.1, 0.15) is 52.5 Å². The number of fused-ring (bicyclic) bond motifs is 2. The van der Waals surface area contributed by atoms with Crippen LogP contribution < -0.4 is 0 Å². The first-order valence-electron chi connectivity index (χ1n) is 9.56. The summed E-state index contributed by atoms with van der Waals surface area (Å²) in [6.45, 7) is 7.52. The first-order chi connectivity index (χ1) is 12.7. The molecule has 0 aromatic heterocycles. The maximum absolute atomic E-state index is 12.4. The van der Waals surface area contributed by atoms with Crippen LogP contribution in [0, 0.1) is 5.92 Å². The van der Waals surface area contributed by atoms with Gasteiger partial charge in [-0.3, -0.25) is 4.79 Å². The third-order valence-electron chi connectivity index (χ3n) is 5.81. The van der Waals surface area contributed by atoms with Gasteiger partial charge in [0.15, 0.2) is 0 Å². The van der Waals surface area contributed by atoms with Gasteiger partial charge in [0.1, 0.15) is 23.4 Å². The summed E-state index contributed by atoms with van der Waals surface area (Å²) in [7, 11) is 0. The maximum atomic E-state index is 12.4. The van der Waals surface area contributed by atoms with E-state index in [2.05, 4.69) is 13.8 Å². The van der Waals surface area contributed by atoms with Crippen molar-refractivity contribution in [3.8, 4) is 0 Å². The molecule has 0 saturated carbocycles. The highest BCUT2D eigenvalue weighted by Gasteiger charge is 2.63. The SMILES string of the molecule is CC(=O)O[C@H]1C[C@]2(C(C)C)O[C@@]1(C)CC[C@@H]2OC(=O)/C=C/c1ccccc1. The minimum absolute atomic E-state index is 0.119. The second kappa shape index (κ2) is 7.47. The molecule has 3 rings (SSSR count). The van der Waals surface area contributed by atoms with Crippen molar-refractivity contribution in [1.29, 1.82) is 0 Å². The van der Waals surface area contributed by atoms with Crippen molar-refractivity contribution in [3.05, 3.63) is 42.0 Å². The highest BCUT2D eigenvalue weighted by molar-refractivity contribution is 5.87. The fraction of sp³-hybridized carbons (Fsp3) is 0.545. The zero-order valence-corrected chi connectivity index (χ0v) is 16.4. The van der Waals surface area contributed by atoms with Gasteiger partial charge < -0.3 is 14.2 Å². The minimum Gasteiger partial charge on any atom is -0.459 e. The maximum Gasteiger partial charge on any atom is 0.331 e. The molecule has 1 aromatic carbocycles. The molecule has 2 aliphatic rings. The number of hydrogen-bond donors (Lipinski definition) is 0. The van der Waals surface area contributed by atoms with E-state index < -0.39 is 11.2 Å². The Labute approximate surface area is 160 Å². The molecule has 0 spiro atoms. The number of carbonyl (C=O) groups excluding carboxylic acids is 2. The molecule has 0 aliphatic carbocycles. The predicted molar refractivity (Wildman–Crippen MR) is 102 cm³/mol. The van der Waals surface area contributed by atoms with Gasteiger partial charge in [-0.25, -0.2) is 4.79 Å². The molecule has 0 N–H and O–H groups in total. The van der Waals surface area contributed by atoms with Crippen LogP contribution in [0.3, 0.4) is 0 Å². The van der Waals surface area contributed by atoms with Crippen molar-refractivity contribution >= 4 is 18.0 Å². The first kappa shape index (κ1) is 19.6. The van der Waals surface area contributed by atoms with Crippen LogP contribution in [0.15, 0.2) is 36.4 Å². The van der Waals surface area contributed by atoms with Gasteiger partial charge in [0, 0.05) is 19.4 Å². The smallest absolute Gasteiger partial charge is 0.331 e. The molecule has 5 heteroatoms. The van der Waals surface area contributed by atoms with Gasteiger partial charge in [-0.05, 0) is 37.3 Å². The highest BCUT2D eigenvalue weighted by atomic mass is 16.6. The third-order valence-corrected chi connectivity index (χ3v) is 5.81. The molecule has 146 valence electrons. The lowest BCUT2D eigenvalue weighted by molar-refractivity contribution is -0.224. The van der Waals surface area contributed by atoms with Crippen LogP contribution in [-0.2, 0) is 23.8 Å². The lowest BCUT2D eigenvalue weighted by Gasteiger charge is -2.45. The van der Waals surface area contributed by atoms with Crippen LogP contribution in [0.5, 0.6) is 0 Å². The lowest BCUT2D eigenvalue weighted by Crippen LogP contribution is -2.54. The van der Waals surface area contributed by atoms with Crippen LogP contribution in [-0.4, -0.2) is 35.3 Å². The van der Waals surface area contributed by atoms with E-state index in [4.69, 9.17) is 14.2 Å². The first-order valence-corrected chi connectivity index (χ1v) is 9.56. The molecule has 2 saturated heterocycles. The third kappa shape index (κ3) is 3.93. The van der Waals surface area contributed by atoms with Crippen molar-refractivity contribution in [2.24, 2.45) is 5.92 Å². The molecule has 2 fully saturated rings. The van der Waals surface area contributed by atoms with Crippen molar-refractivity contribution in [2.45, 2.75) is 70.4 Å². The van der Waals surface area contributed by atoms with E-state index in [1.54, 1.807) is 6.08 Å². The van der Waals surface area contributed by atoms with Crippen LogP contribution in [0.25, 0.3) is 6.08 Å². The average molecular weight is 372 g/mol. The highest BCUT2D eigenvalue weighted by Crippen LogP contribution is 2.53. The van der Waals surface area contributed by atoms with Crippen LogP contribution in [0.4, 0.5) is 0 Å². The lowest BCUT2D eigenvalue weighted by atomic mass is 9.81. The summed E-state index contributed by atoms with van der Waals surface area (Å²) in [6.07, 6.45) is 4.43. The number of hydrogen-bond acceptors (Lipinski definition) is 5. The van der Waals surface area contributed by atoms with Crippen molar-refractivity contribution in [3.63, 3.8) is 0 Å². The summed E-state index contributed by atoms with van der Waals surface area (Å²) in [5.41, 5.74) is -0.224. The van der Waals surface area contributed by atoms with Gasteiger partial charge in [-0.15, -0.1) is 0 Å². The van der Waals surface area contributed by atoms with E-state index in [1.807, 2.05) is 37.3 Å². The molecule has 0 amide bonds. The number of esters is 2. The van der Waals surface area contributed by atoms with E-state index in [1.165, 1.54) is 13.0 Å². The van der Waals surface area contributed by atoms with Crippen molar-refractivity contribution in [1.82, 2.24) is 0 Å². The molecule has 2 bridgehead atoms. The fourth-order valence-corrected chi connectivity index (χ4v) is 4.28. The zero-order valence-electron chi connectivity index (χ0n) is 16.4. The quantitative estimate of drug-likeness (QED) is 0.579. The minimum atomic E-state index is -0.636. The largest absolute Gasteiger partial charge is 0.459 e. The Bertz CT molecular complexity index is 725.